The number of hydrogen-bond donors (Lipinski definition) is 0. The summed E-state index contributed by atoms with van der Waals surface area (Å²) >= 11 is 0. The molecule has 1 radical (unpaired) electrons. The molecular weight excluding hydrogens is 404 g/mol. The monoisotopic (exact) mass is 412 g/mol. The summed E-state index contributed by atoms with van der Waals surface area (Å²) < 4.78 is 1.95. The Morgan fingerprint density at radius 3 is 3.06 bits per heavy atom. The van der Waals surface area contributed by atoms with Gasteiger partial charge in [-0.2, -0.15) is 5.10 Å². The second-order valence-electron chi connectivity index (χ2n) is 3.88. The molecule has 89 valence electrons. The van der Waals surface area contributed by atoms with E-state index in [1.54, 1.807) is 12.5 Å². The van der Waals surface area contributed by atoms with Crippen molar-refractivity contribution in [2.75, 3.05) is 0 Å². The van der Waals surface area contributed by atoms with Crippen LogP contribution in [0.5, 0.6) is 0 Å². The Kier molecular flexibility index (Phi) is 2.58. The average molecular weight is 411 g/mol. The fourth-order valence-electron chi connectivity index (χ4n) is 2.23. The number of rotatable bonds is 0. The number of nitrogens with zero attached hydrogens (tertiary/aromatic N) is 4. The summed E-state index contributed by atoms with van der Waals surface area (Å²) in [6, 6.07) is 11.2. The van der Waals surface area contributed by atoms with Crippen molar-refractivity contribution in [3.05, 3.63) is 49.1 Å². The minimum absolute atomic E-state index is 0. The number of aromatic nitrogens is 4. The van der Waals surface area contributed by atoms with Crippen LogP contribution in [0.25, 0.3) is 27.3 Å². The van der Waals surface area contributed by atoms with E-state index in [9.17, 15) is 0 Å². The number of fused-ring (bicyclic) bond motifs is 6. The third kappa shape index (κ3) is 1.38. The second kappa shape index (κ2) is 4.12. The van der Waals surface area contributed by atoms with Crippen molar-refractivity contribution in [3.63, 3.8) is 0 Å². The quantitative estimate of drug-likeness (QED) is 0.329. The molecule has 0 aliphatic carbocycles. The van der Waals surface area contributed by atoms with E-state index in [0.717, 1.165) is 27.3 Å². The van der Waals surface area contributed by atoms with E-state index in [2.05, 4.69) is 27.3 Å². The van der Waals surface area contributed by atoms with Crippen molar-refractivity contribution in [2.24, 2.45) is 0 Å². The van der Waals surface area contributed by atoms with Crippen LogP contribution >= 0.6 is 0 Å². The van der Waals surface area contributed by atoms with Gasteiger partial charge in [0.1, 0.15) is 6.33 Å². The van der Waals surface area contributed by atoms with Gasteiger partial charge in [-0.15, -0.1) is 29.4 Å². The van der Waals surface area contributed by atoms with Gasteiger partial charge in [-0.05, 0) is 11.5 Å². The smallest absolute Gasteiger partial charge is 0.115 e. The zero-order valence-electron chi connectivity index (χ0n) is 9.16. The Balaban J connectivity index is 0.000001000. The number of hydrogen-bond acceptors (Lipinski definition) is 3. The first-order chi connectivity index (χ1) is 8.45. The first kappa shape index (κ1) is 11.3. The van der Waals surface area contributed by atoms with Gasteiger partial charge in [-0.25, -0.2) is 0 Å². The summed E-state index contributed by atoms with van der Waals surface area (Å²) in [5, 5.41) is 11.4. The average Bonchev–Trinajstić information content (AvgIpc) is 2.89. The van der Waals surface area contributed by atoms with Crippen LogP contribution in [0.4, 0.5) is 0 Å². The van der Waals surface area contributed by atoms with E-state index >= 15 is 0 Å². The van der Waals surface area contributed by atoms with Gasteiger partial charge < -0.3 is 4.40 Å². The van der Waals surface area contributed by atoms with Gasteiger partial charge in [0.05, 0.1) is 11.2 Å². The Morgan fingerprint density at radius 1 is 1.17 bits per heavy atom. The Morgan fingerprint density at radius 2 is 2.11 bits per heavy atom. The molecule has 0 N–H and O–H groups in total. The third-order valence-corrected chi connectivity index (χ3v) is 2.98. The molecule has 0 unspecified atom stereocenters. The maximum Gasteiger partial charge on any atom is 0.115 e. The van der Waals surface area contributed by atoms with E-state index < -0.39 is 0 Å². The van der Waals surface area contributed by atoms with Gasteiger partial charge in [0.2, 0.25) is 0 Å². The van der Waals surface area contributed by atoms with E-state index in [-0.39, 0.29) is 20.1 Å². The first-order valence-corrected chi connectivity index (χ1v) is 5.31. The molecular formula is C13H7IrN4-. The third-order valence-electron chi connectivity index (χ3n) is 2.98. The molecule has 3 heterocycles. The zero-order chi connectivity index (χ0) is 11.2. The summed E-state index contributed by atoms with van der Waals surface area (Å²) in [6.45, 7) is 0. The standard InChI is InChI=1S/C13H7N4.Ir/c1-2-4-11-9(3-1)10-5-6-14-7-12(10)17-8-15-16-13(11)17;/h1-3,5-8H;/q-1;. The van der Waals surface area contributed by atoms with E-state index in [4.69, 9.17) is 0 Å². The minimum atomic E-state index is 0. The maximum absolute atomic E-state index is 4.16. The van der Waals surface area contributed by atoms with Crippen molar-refractivity contribution >= 4 is 27.3 Å². The van der Waals surface area contributed by atoms with Crippen LogP contribution in [-0.4, -0.2) is 19.6 Å². The number of benzene rings is 1. The molecule has 0 aliphatic heterocycles. The SMILES string of the molecule is [Ir].[c-]1cccc2c1c1nncn1c1cnccc21. The van der Waals surface area contributed by atoms with Crippen molar-refractivity contribution < 1.29 is 20.1 Å². The van der Waals surface area contributed by atoms with Crippen LogP contribution in [0.3, 0.4) is 0 Å². The molecule has 0 spiro atoms. The topological polar surface area (TPSA) is 43.1 Å². The molecule has 4 nitrogen and oxygen atoms in total. The van der Waals surface area contributed by atoms with E-state index in [1.165, 1.54) is 0 Å². The summed E-state index contributed by atoms with van der Waals surface area (Å²) in [5.74, 6) is 0. The Bertz CT molecular complexity index is 783. The van der Waals surface area contributed by atoms with Crippen LogP contribution in [0.2, 0.25) is 0 Å². The van der Waals surface area contributed by atoms with Gasteiger partial charge >= 0.3 is 0 Å². The molecule has 1 aromatic carbocycles. The summed E-state index contributed by atoms with van der Waals surface area (Å²) in [6.07, 6.45) is 5.34. The molecule has 0 bridgehead atoms. The summed E-state index contributed by atoms with van der Waals surface area (Å²) in [4.78, 5) is 4.16. The molecule has 0 saturated heterocycles. The van der Waals surface area contributed by atoms with E-state index in [0.29, 0.717) is 0 Å². The summed E-state index contributed by atoms with van der Waals surface area (Å²) in [5.41, 5.74) is 1.83. The molecule has 0 aliphatic rings. The second-order valence-corrected chi connectivity index (χ2v) is 3.88. The first-order valence-electron chi connectivity index (χ1n) is 5.31. The Hall–Kier alpha value is -1.84. The van der Waals surface area contributed by atoms with Gasteiger partial charge in [0.15, 0.2) is 0 Å². The molecule has 4 aromatic rings. The van der Waals surface area contributed by atoms with Gasteiger partial charge in [-0.3, -0.25) is 4.98 Å². The van der Waals surface area contributed by atoms with Crippen LogP contribution in [-0.2, 0) is 20.1 Å². The van der Waals surface area contributed by atoms with Crippen molar-refractivity contribution in [1.29, 1.82) is 0 Å². The van der Waals surface area contributed by atoms with Gasteiger partial charge in [0, 0.05) is 32.5 Å². The molecule has 18 heavy (non-hydrogen) atoms. The molecule has 0 amide bonds. The van der Waals surface area contributed by atoms with Crippen LogP contribution in [0.1, 0.15) is 0 Å². The Labute approximate surface area is 116 Å². The normalized spacial score (nSPS) is 10.9. The van der Waals surface area contributed by atoms with Crippen molar-refractivity contribution in [2.45, 2.75) is 0 Å². The van der Waals surface area contributed by atoms with Gasteiger partial charge in [0.25, 0.3) is 0 Å². The molecule has 5 heteroatoms. The predicted octanol–water partition coefficient (Wildman–Crippen LogP) is 2.23. The predicted molar refractivity (Wildman–Crippen MR) is 64.6 cm³/mol. The minimum Gasteiger partial charge on any atom is -0.321 e. The van der Waals surface area contributed by atoms with Crippen LogP contribution in [0.15, 0.2) is 43.0 Å². The molecule has 0 fully saturated rings. The number of pyridine rings is 2. The fraction of sp³-hybridized carbons (Fsp3) is 0. The van der Waals surface area contributed by atoms with Crippen molar-refractivity contribution in [3.8, 4) is 0 Å². The van der Waals surface area contributed by atoms with E-state index in [1.807, 2.05) is 28.8 Å². The van der Waals surface area contributed by atoms with Gasteiger partial charge in [-0.1, -0.05) is 10.8 Å². The van der Waals surface area contributed by atoms with Crippen LogP contribution < -0.4 is 0 Å². The largest absolute Gasteiger partial charge is 0.321 e. The zero-order valence-corrected chi connectivity index (χ0v) is 11.6. The van der Waals surface area contributed by atoms with Crippen molar-refractivity contribution in [1.82, 2.24) is 19.6 Å². The van der Waals surface area contributed by atoms with Crippen LogP contribution in [0, 0.1) is 6.07 Å². The molecule has 0 atom stereocenters. The summed E-state index contributed by atoms with van der Waals surface area (Å²) in [7, 11) is 0. The fourth-order valence-corrected chi connectivity index (χ4v) is 2.23. The molecule has 4 rings (SSSR count). The molecule has 3 aromatic heterocycles. The maximum atomic E-state index is 4.16. The molecule has 0 saturated carbocycles.